The number of nitrogens with zero attached hydrogens (tertiary/aromatic N) is 2. The fourth-order valence-corrected chi connectivity index (χ4v) is 3.21. The molecule has 1 atom stereocenters. The van der Waals surface area contributed by atoms with Crippen molar-refractivity contribution in [2.24, 2.45) is 5.92 Å². The molecule has 1 unspecified atom stereocenters. The molecule has 2 heterocycles. The maximum atomic E-state index is 13.1. The van der Waals surface area contributed by atoms with Crippen molar-refractivity contribution in [2.45, 2.75) is 19.5 Å². The first-order valence-electron chi connectivity index (χ1n) is 6.35. The van der Waals surface area contributed by atoms with Crippen LogP contribution >= 0.6 is 27.7 Å². The van der Waals surface area contributed by atoms with E-state index in [1.165, 1.54) is 13.1 Å². The summed E-state index contributed by atoms with van der Waals surface area (Å²) in [4.78, 5) is 27.8. The van der Waals surface area contributed by atoms with Gasteiger partial charge in [-0.05, 0) is 27.9 Å². The molecule has 0 N–H and O–H groups in total. The molecule has 1 aliphatic heterocycles. The molecule has 0 radical (unpaired) electrons. The molecular formula is C13H12BrF3N2O2S. The predicted molar refractivity (Wildman–Crippen MR) is 80.5 cm³/mol. The Morgan fingerprint density at radius 2 is 2.23 bits per heavy atom. The minimum Gasteiger partial charge on any atom is -0.296 e. The van der Waals surface area contributed by atoms with Gasteiger partial charge in [-0.3, -0.25) is 14.5 Å². The van der Waals surface area contributed by atoms with Crippen molar-refractivity contribution in [1.29, 1.82) is 0 Å². The quantitative estimate of drug-likeness (QED) is 0.784. The number of hydrogen-bond donors (Lipinski definition) is 0. The Bertz CT molecular complexity index is 609. The van der Waals surface area contributed by atoms with Gasteiger partial charge in [0.25, 0.3) is 0 Å². The highest BCUT2D eigenvalue weighted by atomic mass is 79.9. The average molecular weight is 397 g/mol. The molecule has 1 aromatic heterocycles. The first-order valence-corrected chi connectivity index (χ1v) is 8.13. The van der Waals surface area contributed by atoms with Gasteiger partial charge in [-0.2, -0.15) is 13.2 Å². The molecule has 2 rings (SSSR count). The fourth-order valence-electron chi connectivity index (χ4n) is 2.19. The van der Waals surface area contributed by atoms with Gasteiger partial charge in [0.2, 0.25) is 5.91 Å². The van der Waals surface area contributed by atoms with Crippen molar-refractivity contribution in [1.82, 2.24) is 4.98 Å². The minimum atomic E-state index is -4.60. The highest BCUT2D eigenvalue weighted by molar-refractivity contribution is 9.10. The minimum absolute atomic E-state index is 0.0800. The zero-order valence-corrected chi connectivity index (χ0v) is 13.9. The molecule has 9 heteroatoms. The Balaban J connectivity index is 2.25. The zero-order chi connectivity index (χ0) is 16.5. The van der Waals surface area contributed by atoms with E-state index in [2.05, 4.69) is 20.9 Å². The molecule has 4 nitrogen and oxygen atoms in total. The van der Waals surface area contributed by atoms with Gasteiger partial charge in [-0.15, -0.1) is 0 Å². The number of hydrogen-bond acceptors (Lipinski definition) is 4. The smallest absolute Gasteiger partial charge is 0.296 e. The van der Waals surface area contributed by atoms with E-state index in [-0.39, 0.29) is 34.3 Å². The van der Waals surface area contributed by atoms with Gasteiger partial charge >= 0.3 is 6.18 Å². The largest absolute Gasteiger partial charge is 0.420 e. The van der Waals surface area contributed by atoms with Crippen LogP contribution < -0.4 is 4.90 Å². The van der Waals surface area contributed by atoms with Crippen LogP contribution in [-0.4, -0.2) is 28.3 Å². The van der Waals surface area contributed by atoms with Crippen LogP contribution in [0.5, 0.6) is 0 Å². The standard InChI is InChI=1S/C13H12BrF3N2O2S/c1-7(20)22-6-8-2-11(21)19(5-8)12-10(13(15,16)17)3-9(14)4-18-12/h3-4,8H,2,5-6H2,1H3. The highest BCUT2D eigenvalue weighted by Crippen LogP contribution is 2.38. The summed E-state index contributed by atoms with van der Waals surface area (Å²) in [5.41, 5.74) is -0.949. The first-order chi connectivity index (χ1) is 10.2. The lowest BCUT2D eigenvalue weighted by Crippen LogP contribution is -2.28. The van der Waals surface area contributed by atoms with Crippen molar-refractivity contribution in [3.8, 4) is 0 Å². The second-order valence-corrected chi connectivity index (χ2v) is 7.01. The summed E-state index contributed by atoms with van der Waals surface area (Å²) in [6, 6.07) is 0.910. The molecule has 0 aromatic carbocycles. The maximum Gasteiger partial charge on any atom is 0.420 e. The van der Waals surface area contributed by atoms with Crippen LogP contribution in [0.1, 0.15) is 18.9 Å². The summed E-state index contributed by atoms with van der Waals surface area (Å²) in [5.74, 6) is -0.534. The summed E-state index contributed by atoms with van der Waals surface area (Å²) < 4.78 is 39.5. The summed E-state index contributed by atoms with van der Waals surface area (Å²) in [7, 11) is 0. The summed E-state index contributed by atoms with van der Waals surface area (Å²) in [5, 5.41) is -0.0800. The van der Waals surface area contributed by atoms with Crippen LogP contribution in [0.3, 0.4) is 0 Å². The molecule has 120 valence electrons. The van der Waals surface area contributed by atoms with Crippen LogP contribution in [0.4, 0.5) is 19.0 Å². The molecule has 1 amide bonds. The summed E-state index contributed by atoms with van der Waals surface area (Å²) >= 11 is 4.03. The van der Waals surface area contributed by atoms with Crippen LogP contribution in [0, 0.1) is 5.92 Å². The van der Waals surface area contributed by atoms with Gasteiger partial charge in [0.15, 0.2) is 5.12 Å². The van der Waals surface area contributed by atoms with E-state index >= 15 is 0 Å². The normalized spacial score (nSPS) is 18.9. The SMILES string of the molecule is CC(=O)SCC1CC(=O)N(c2ncc(Br)cc2C(F)(F)F)C1. The van der Waals surface area contributed by atoms with Gasteiger partial charge in [-0.1, -0.05) is 11.8 Å². The number of carbonyl (C=O) groups is 2. The Morgan fingerprint density at radius 3 is 2.82 bits per heavy atom. The van der Waals surface area contributed by atoms with Gasteiger partial charge < -0.3 is 0 Å². The Labute approximate surface area is 137 Å². The number of halogens is 4. The summed E-state index contributed by atoms with van der Waals surface area (Å²) in [6.07, 6.45) is -3.25. The molecule has 0 spiro atoms. The monoisotopic (exact) mass is 396 g/mol. The number of anilines is 1. The molecule has 0 bridgehead atoms. The molecule has 22 heavy (non-hydrogen) atoms. The lowest BCUT2D eigenvalue weighted by Gasteiger charge is -2.20. The average Bonchev–Trinajstić information content (AvgIpc) is 2.76. The number of pyridine rings is 1. The van der Waals surface area contributed by atoms with E-state index in [9.17, 15) is 22.8 Å². The van der Waals surface area contributed by atoms with Gasteiger partial charge in [-0.25, -0.2) is 4.98 Å². The van der Waals surface area contributed by atoms with E-state index in [0.29, 0.717) is 5.75 Å². The number of alkyl halides is 3. The Kier molecular flexibility index (Phi) is 5.16. The lowest BCUT2D eigenvalue weighted by atomic mass is 10.1. The van der Waals surface area contributed by atoms with Crippen LogP contribution in [-0.2, 0) is 15.8 Å². The maximum absolute atomic E-state index is 13.1. The Morgan fingerprint density at radius 1 is 1.55 bits per heavy atom. The van der Waals surface area contributed by atoms with Gasteiger partial charge in [0.1, 0.15) is 5.82 Å². The van der Waals surface area contributed by atoms with Crippen molar-refractivity contribution < 1.29 is 22.8 Å². The fraction of sp³-hybridized carbons (Fsp3) is 0.462. The van der Waals surface area contributed by atoms with Crippen LogP contribution in [0.25, 0.3) is 0 Å². The second kappa shape index (κ2) is 6.57. The van der Waals surface area contributed by atoms with E-state index in [0.717, 1.165) is 22.7 Å². The molecule has 1 fully saturated rings. The third-order valence-corrected chi connectivity index (χ3v) is 4.60. The number of amides is 1. The topological polar surface area (TPSA) is 50.3 Å². The van der Waals surface area contributed by atoms with Crippen LogP contribution in [0.2, 0.25) is 0 Å². The van der Waals surface area contributed by atoms with Crippen molar-refractivity contribution >= 4 is 44.5 Å². The highest BCUT2D eigenvalue weighted by Gasteiger charge is 2.40. The number of rotatable bonds is 3. The van der Waals surface area contributed by atoms with E-state index in [1.54, 1.807) is 0 Å². The molecule has 1 saturated heterocycles. The number of carbonyl (C=O) groups excluding carboxylic acids is 2. The number of thioether (sulfide) groups is 1. The van der Waals surface area contributed by atoms with Crippen molar-refractivity contribution in [2.75, 3.05) is 17.2 Å². The summed E-state index contributed by atoms with van der Waals surface area (Å²) in [6.45, 7) is 1.55. The van der Waals surface area contributed by atoms with Crippen molar-refractivity contribution in [3.05, 3.63) is 22.3 Å². The third kappa shape index (κ3) is 4.01. The molecule has 1 aliphatic rings. The van der Waals surface area contributed by atoms with E-state index in [4.69, 9.17) is 0 Å². The van der Waals surface area contributed by atoms with E-state index < -0.39 is 17.6 Å². The molecule has 0 aliphatic carbocycles. The second-order valence-electron chi connectivity index (χ2n) is 4.90. The molecule has 1 aromatic rings. The lowest BCUT2D eigenvalue weighted by molar-refractivity contribution is -0.137. The zero-order valence-electron chi connectivity index (χ0n) is 11.5. The predicted octanol–water partition coefficient (Wildman–Crippen LogP) is 3.50. The van der Waals surface area contributed by atoms with Gasteiger partial charge in [0, 0.05) is 36.3 Å². The van der Waals surface area contributed by atoms with Crippen molar-refractivity contribution in [3.63, 3.8) is 0 Å². The van der Waals surface area contributed by atoms with Gasteiger partial charge in [0.05, 0.1) is 5.56 Å². The van der Waals surface area contributed by atoms with E-state index in [1.807, 2.05) is 0 Å². The third-order valence-electron chi connectivity index (χ3n) is 3.12. The number of aromatic nitrogens is 1. The Hall–Kier alpha value is -1.09. The molecule has 0 saturated carbocycles. The first kappa shape index (κ1) is 17.3. The molecular weight excluding hydrogens is 385 g/mol. The van der Waals surface area contributed by atoms with Crippen LogP contribution in [0.15, 0.2) is 16.7 Å².